The summed E-state index contributed by atoms with van der Waals surface area (Å²) in [5.74, 6) is -3.69. The van der Waals surface area contributed by atoms with Gasteiger partial charge in [0.25, 0.3) is 0 Å². The number of aliphatic hydroxyl groups excluding tert-OH is 2. The summed E-state index contributed by atoms with van der Waals surface area (Å²) in [5, 5.41) is 29.3. The van der Waals surface area contributed by atoms with Crippen molar-refractivity contribution in [3.8, 4) is 5.75 Å². The summed E-state index contributed by atoms with van der Waals surface area (Å²) < 4.78 is 5.76. The van der Waals surface area contributed by atoms with E-state index >= 15 is 0 Å². The number of carbonyl (C=O) groups is 4. The maximum absolute atomic E-state index is 14.5. The molecule has 1 fully saturated rings. The third-order valence-corrected chi connectivity index (χ3v) is 8.98. The van der Waals surface area contributed by atoms with Crippen molar-refractivity contribution in [1.82, 2.24) is 10.2 Å². The highest BCUT2D eigenvalue weighted by molar-refractivity contribution is 6.24. The molecule has 11 heteroatoms. The number of nitrogens with zero attached hydrogens (tertiary/aromatic N) is 2. The molecule has 1 aromatic carbocycles. The normalized spacial score (nSPS) is 25.3. The molecule has 234 valence electrons. The van der Waals surface area contributed by atoms with Crippen LogP contribution in [0.15, 0.2) is 23.0 Å². The minimum absolute atomic E-state index is 0.0459. The van der Waals surface area contributed by atoms with Gasteiger partial charge in [-0.05, 0) is 79.1 Å². The first kappa shape index (κ1) is 32.2. The van der Waals surface area contributed by atoms with Crippen molar-refractivity contribution in [1.29, 1.82) is 0 Å². The number of likely N-dealkylation sites (N-methyl/N-ethyl adjacent to an activating group) is 1. The van der Waals surface area contributed by atoms with Gasteiger partial charge in [-0.1, -0.05) is 0 Å². The van der Waals surface area contributed by atoms with E-state index in [1.54, 1.807) is 32.0 Å². The molecule has 0 aliphatic heterocycles. The van der Waals surface area contributed by atoms with Crippen molar-refractivity contribution in [2.75, 3.05) is 52.1 Å². The second kappa shape index (κ2) is 11.1. The first-order chi connectivity index (χ1) is 19.9. The molecule has 1 amide bonds. The lowest BCUT2D eigenvalue weighted by atomic mass is 9.52. The number of aliphatic hydroxyl groups is 2. The van der Waals surface area contributed by atoms with Crippen LogP contribution in [0.3, 0.4) is 0 Å². The fraction of sp³-hybridized carbons (Fsp3) is 0.562. The summed E-state index contributed by atoms with van der Waals surface area (Å²) in [6.07, 6.45) is 0.673. The third kappa shape index (κ3) is 5.22. The summed E-state index contributed by atoms with van der Waals surface area (Å²) in [6, 6.07) is 0.983. The zero-order valence-electron chi connectivity index (χ0n) is 26.8. The van der Waals surface area contributed by atoms with Gasteiger partial charge >= 0.3 is 0 Å². The van der Waals surface area contributed by atoms with Gasteiger partial charge in [-0.2, -0.15) is 0 Å². The van der Waals surface area contributed by atoms with E-state index in [0.29, 0.717) is 24.1 Å². The van der Waals surface area contributed by atoms with Crippen molar-refractivity contribution in [3.05, 3.63) is 34.1 Å². The Morgan fingerprint density at radius 3 is 2.28 bits per heavy atom. The van der Waals surface area contributed by atoms with Crippen molar-refractivity contribution >= 4 is 40.4 Å². The first-order valence-corrected chi connectivity index (χ1v) is 14.5. The van der Waals surface area contributed by atoms with Gasteiger partial charge in [0.05, 0.1) is 36.4 Å². The number of anilines is 2. The Balaban J connectivity index is 1.92. The summed E-state index contributed by atoms with van der Waals surface area (Å²) in [6.45, 7) is 8.65. The molecular formula is C32H44N4O7. The topological polar surface area (TPSA) is 149 Å². The SMILES string of the molecule is COc1c(NC(=O)CNC(C)(C)C)cc(N(C)C)c2c1C(O)=C1C(=O)[C@]3(C)C(O)=C(C(C)=O)C(=O)[C@@H](N(C)C)[C@@H]3C[C@@H]1C2. The van der Waals surface area contributed by atoms with Crippen LogP contribution in [0, 0.1) is 17.3 Å². The van der Waals surface area contributed by atoms with E-state index in [0.717, 1.165) is 11.3 Å². The lowest BCUT2D eigenvalue weighted by Gasteiger charge is -2.51. The molecule has 1 saturated carbocycles. The van der Waals surface area contributed by atoms with Crippen LogP contribution in [-0.2, 0) is 25.6 Å². The molecule has 0 radical (unpaired) electrons. The van der Waals surface area contributed by atoms with Crippen LogP contribution in [-0.4, -0.2) is 91.8 Å². The van der Waals surface area contributed by atoms with E-state index in [-0.39, 0.29) is 40.6 Å². The standard InChI is InChI=1S/C32H44N4O7/c1-15(37)22-27(40)25(36(8)9)18-12-16-11-17-20(35(6)7)13-19(34-21(38)14-33-31(2,3)4)28(43-10)24(17)26(39)23(16)30(42)32(18,5)29(22)41/h13,16,18,25,33,39,41H,11-12,14H2,1-10H3,(H,34,38)/t16-,18-,25-,32-/m0/s1. The van der Waals surface area contributed by atoms with Crippen molar-refractivity contribution in [3.63, 3.8) is 0 Å². The number of nitrogens with one attached hydrogen (secondary N) is 2. The van der Waals surface area contributed by atoms with Crippen LogP contribution in [0.1, 0.15) is 52.2 Å². The van der Waals surface area contributed by atoms with Gasteiger partial charge < -0.3 is 30.5 Å². The Bertz CT molecular complexity index is 1470. The number of ketones is 3. The lowest BCUT2D eigenvalue weighted by Crippen LogP contribution is -2.60. The number of allylic oxidation sites excluding steroid dienone is 2. The quantitative estimate of drug-likeness (QED) is 0.346. The fourth-order valence-electron chi connectivity index (χ4n) is 6.92. The van der Waals surface area contributed by atoms with Crippen molar-refractivity contribution in [2.45, 2.75) is 59.0 Å². The molecule has 11 nitrogen and oxygen atoms in total. The highest BCUT2D eigenvalue weighted by Crippen LogP contribution is 2.58. The first-order valence-electron chi connectivity index (χ1n) is 14.5. The third-order valence-electron chi connectivity index (χ3n) is 8.98. The number of fused-ring (bicyclic) bond motifs is 3. The Morgan fingerprint density at radius 2 is 1.77 bits per heavy atom. The van der Waals surface area contributed by atoms with Gasteiger partial charge in [-0.3, -0.25) is 24.1 Å². The maximum atomic E-state index is 14.5. The largest absolute Gasteiger partial charge is 0.510 e. The van der Waals surface area contributed by atoms with Crippen LogP contribution >= 0.6 is 0 Å². The molecule has 43 heavy (non-hydrogen) atoms. The molecule has 0 heterocycles. The second-order valence-electron chi connectivity index (χ2n) is 13.5. The van der Waals surface area contributed by atoms with Crippen LogP contribution in [0.25, 0.3) is 5.76 Å². The summed E-state index contributed by atoms with van der Waals surface area (Å²) in [5.41, 5.74) is -0.0492. The zero-order valence-corrected chi connectivity index (χ0v) is 26.8. The molecular weight excluding hydrogens is 552 g/mol. The predicted octanol–water partition coefficient (Wildman–Crippen LogP) is 3.04. The molecule has 4 rings (SSSR count). The van der Waals surface area contributed by atoms with E-state index in [1.165, 1.54) is 14.0 Å². The number of rotatable bonds is 7. The monoisotopic (exact) mass is 596 g/mol. The molecule has 3 aliphatic carbocycles. The van der Waals surface area contributed by atoms with Crippen molar-refractivity contribution < 1.29 is 34.1 Å². The van der Waals surface area contributed by atoms with Crippen LogP contribution in [0.4, 0.5) is 11.4 Å². The number of hydrogen-bond acceptors (Lipinski definition) is 10. The lowest BCUT2D eigenvalue weighted by molar-refractivity contribution is -0.139. The number of Topliss-reactive ketones (excluding diaryl/α,β-unsaturated/α-hetero) is 3. The zero-order chi connectivity index (χ0) is 32.3. The van der Waals surface area contributed by atoms with Crippen molar-refractivity contribution in [2.24, 2.45) is 17.3 Å². The number of hydrogen-bond donors (Lipinski definition) is 4. The number of methoxy groups -OCH3 is 1. The van der Waals surface area contributed by atoms with Crippen LogP contribution in [0.2, 0.25) is 0 Å². The molecule has 3 aliphatic rings. The second-order valence-corrected chi connectivity index (χ2v) is 13.5. The van der Waals surface area contributed by atoms with Gasteiger partial charge in [0, 0.05) is 36.8 Å². The van der Waals surface area contributed by atoms with E-state index < -0.39 is 46.4 Å². The molecule has 0 unspecified atom stereocenters. The fourth-order valence-corrected chi connectivity index (χ4v) is 6.92. The Kier molecular flexibility index (Phi) is 8.31. The highest BCUT2D eigenvalue weighted by Gasteiger charge is 2.62. The smallest absolute Gasteiger partial charge is 0.238 e. The molecule has 4 atom stereocenters. The molecule has 0 spiro atoms. The van der Waals surface area contributed by atoms with E-state index in [9.17, 15) is 29.4 Å². The van der Waals surface area contributed by atoms with Gasteiger partial charge in [0.15, 0.2) is 23.1 Å². The summed E-state index contributed by atoms with van der Waals surface area (Å²) in [4.78, 5) is 57.0. The maximum Gasteiger partial charge on any atom is 0.238 e. The van der Waals surface area contributed by atoms with Gasteiger partial charge in [-0.25, -0.2) is 0 Å². The predicted molar refractivity (Wildman–Crippen MR) is 164 cm³/mol. The number of benzene rings is 1. The van der Waals surface area contributed by atoms with Crippen LogP contribution in [0.5, 0.6) is 5.75 Å². The highest BCUT2D eigenvalue weighted by atomic mass is 16.5. The van der Waals surface area contributed by atoms with E-state index in [4.69, 9.17) is 4.74 Å². The number of ether oxygens (including phenoxy) is 1. The van der Waals surface area contributed by atoms with E-state index in [2.05, 4.69) is 10.6 Å². The molecule has 0 saturated heterocycles. The minimum Gasteiger partial charge on any atom is -0.510 e. The Morgan fingerprint density at radius 1 is 1.14 bits per heavy atom. The summed E-state index contributed by atoms with van der Waals surface area (Å²) >= 11 is 0. The van der Waals surface area contributed by atoms with Gasteiger partial charge in [0.2, 0.25) is 5.91 Å². The molecule has 0 bridgehead atoms. The molecule has 0 aromatic heterocycles. The minimum atomic E-state index is -1.61. The molecule has 4 N–H and O–H groups in total. The van der Waals surface area contributed by atoms with E-state index in [1.807, 2.05) is 39.8 Å². The van der Waals surface area contributed by atoms with Crippen LogP contribution < -0.4 is 20.3 Å². The molecule has 1 aromatic rings. The van der Waals surface area contributed by atoms with Gasteiger partial charge in [0.1, 0.15) is 17.1 Å². The number of amides is 1. The average Bonchev–Trinajstić information content (AvgIpc) is 2.88. The Labute approximate surface area is 252 Å². The number of carbonyl (C=O) groups excluding carboxylic acids is 4. The average molecular weight is 597 g/mol. The van der Waals surface area contributed by atoms with Gasteiger partial charge in [-0.15, -0.1) is 0 Å². The Hall–Kier alpha value is -3.70. The summed E-state index contributed by atoms with van der Waals surface area (Å²) in [7, 11) is 8.56.